The van der Waals surface area contributed by atoms with Crippen molar-refractivity contribution in [2.75, 3.05) is 0 Å². The van der Waals surface area contributed by atoms with E-state index >= 15 is 0 Å². The van der Waals surface area contributed by atoms with Crippen molar-refractivity contribution in [1.29, 1.82) is 0 Å². The molecule has 1 unspecified atom stereocenters. The Morgan fingerprint density at radius 2 is 2.18 bits per heavy atom. The lowest BCUT2D eigenvalue weighted by molar-refractivity contribution is -0.127. The van der Waals surface area contributed by atoms with Crippen LogP contribution >= 0.6 is 11.6 Å². The maximum atomic E-state index is 10.8. The van der Waals surface area contributed by atoms with Gasteiger partial charge in [-0.15, -0.1) is 0 Å². The average molecular weight is 178 g/mol. The zero-order valence-electron chi connectivity index (χ0n) is 5.54. The summed E-state index contributed by atoms with van der Waals surface area (Å²) in [5.74, 6) is -0.727. The molecule has 0 aromatic rings. The van der Waals surface area contributed by atoms with Gasteiger partial charge in [-0.1, -0.05) is 0 Å². The molecular formula is C5H4ClNO4. The molecule has 0 radical (unpaired) electrons. The largest absolute Gasteiger partial charge is 0.436 e. The number of nitrogens with zero attached hydrogens (tertiary/aromatic N) is 1. The van der Waals surface area contributed by atoms with E-state index in [1.807, 2.05) is 0 Å². The predicted octanol–water partition coefficient (Wildman–Crippen LogP) is 0.712. The number of amides is 3. The summed E-state index contributed by atoms with van der Waals surface area (Å²) in [6.45, 7) is 1.36. The van der Waals surface area contributed by atoms with Gasteiger partial charge in [0.2, 0.25) is 0 Å². The first kappa shape index (κ1) is 8.00. The van der Waals surface area contributed by atoms with E-state index in [0.717, 1.165) is 0 Å². The monoisotopic (exact) mass is 177 g/mol. The number of carbonyl (C=O) groups excluding carboxylic acids is 3. The molecule has 5 nitrogen and oxygen atoms in total. The minimum atomic E-state index is -1.13. The highest BCUT2D eigenvalue weighted by molar-refractivity contribution is 6.65. The number of halogens is 1. The maximum Gasteiger partial charge on any atom is 0.425 e. The lowest BCUT2D eigenvalue weighted by Gasteiger charge is -2.00. The van der Waals surface area contributed by atoms with Gasteiger partial charge >= 0.3 is 11.5 Å². The van der Waals surface area contributed by atoms with Crippen molar-refractivity contribution in [2.45, 2.75) is 13.0 Å². The van der Waals surface area contributed by atoms with Gasteiger partial charge in [0.25, 0.3) is 5.91 Å². The Morgan fingerprint density at radius 1 is 1.64 bits per heavy atom. The Kier molecular flexibility index (Phi) is 1.82. The molecule has 0 aromatic heterocycles. The quantitative estimate of drug-likeness (QED) is 0.404. The highest BCUT2D eigenvalue weighted by atomic mass is 35.5. The molecule has 11 heavy (non-hydrogen) atoms. The zero-order chi connectivity index (χ0) is 8.59. The fraction of sp³-hybridized carbons (Fsp3) is 0.400. The number of hydrogen-bond donors (Lipinski definition) is 0. The van der Waals surface area contributed by atoms with Crippen LogP contribution in [-0.4, -0.2) is 28.4 Å². The number of cyclic esters (lactones) is 1. The summed E-state index contributed by atoms with van der Waals surface area (Å²) >= 11 is 4.90. The Labute approximate surface area is 66.9 Å². The molecule has 1 atom stereocenters. The van der Waals surface area contributed by atoms with Crippen LogP contribution < -0.4 is 0 Å². The van der Waals surface area contributed by atoms with Crippen LogP contribution in [0.5, 0.6) is 0 Å². The molecule has 1 aliphatic rings. The van der Waals surface area contributed by atoms with Crippen molar-refractivity contribution in [2.24, 2.45) is 0 Å². The van der Waals surface area contributed by atoms with Crippen LogP contribution in [0.15, 0.2) is 0 Å². The summed E-state index contributed by atoms with van der Waals surface area (Å²) in [5, 5.41) is -1.13. The summed E-state index contributed by atoms with van der Waals surface area (Å²) < 4.78 is 4.38. The van der Waals surface area contributed by atoms with Gasteiger partial charge in [-0.2, -0.15) is 4.90 Å². The second kappa shape index (κ2) is 2.50. The van der Waals surface area contributed by atoms with E-state index in [1.54, 1.807) is 0 Å². The van der Waals surface area contributed by atoms with E-state index in [9.17, 15) is 14.4 Å². The number of rotatable bonds is 0. The summed E-state index contributed by atoms with van der Waals surface area (Å²) in [7, 11) is 0. The van der Waals surface area contributed by atoms with Crippen LogP contribution in [0.25, 0.3) is 0 Å². The summed E-state index contributed by atoms with van der Waals surface area (Å²) in [4.78, 5) is 32.1. The lowest BCUT2D eigenvalue weighted by Crippen LogP contribution is -2.32. The van der Waals surface area contributed by atoms with Crippen LogP contribution in [0.3, 0.4) is 0 Å². The molecule has 0 aliphatic carbocycles. The van der Waals surface area contributed by atoms with Crippen molar-refractivity contribution >= 4 is 29.0 Å². The van der Waals surface area contributed by atoms with Gasteiger partial charge in [0.15, 0.2) is 6.10 Å². The third-order valence-electron chi connectivity index (χ3n) is 1.20. The van der Waals surface area contributed by atoms with Crippen LogP contribution in [0.1, 0.15) is 6.92 Å². The second-order valence-electron chi connectivity index (χ2n) is 1.95. The Bertz CT molecular complexity index is 239. The molecule has 60 valence electrons. The van der Waals surface area contributed by atoms with E-state index in [-0.39, 0.29) is 4.90 Å². The molecule has 3 amide bonds. The Hall–Kier alpha value is -1.10. The third kappa shape index (κ3) is 1.19. The molecule has 0 aromatic carbocycles. The summed E-state index contributed by atoms with van der Waals surface area (Å²) in [6.07, 6.45) is -1.92. The molecule has 0 saturated carbocycles. The van der Waals surface area contributed by atoms with Gasteiger partial charge in [-0.05, 0) is 18.5 Å². The van der Waals surface area contributed by atoms with Gasteiger partial charge in [0.1, 0.15) is 0 Å². The molecule has 0 bridgehead atoms. The van der Waals surface area contributed by atoms with Gasteiger partial charge in [-0.3, -0.25) is 9.59 Å². The lowest BCUT2D eigenvalue weighted by atomic mass is 10.4. The predicted molar refractivity (Wildman–Crippen MR) is 34.0 cm³/mol. The Morgan fingerprint density at radius 3 is 2.36 bits per heavy atom. The number of carbonyl (C=O) groups is 3. The number of ether oxygens (including phenoxy) is 1. The minimum Gasteiger partial charge on any atom is -0.436 e. The first-order chi connectivity index (χ1) is 5.04. The van der Waals surface area contributed by atoms with Crippen molar-refractivity contribution in [3.63, 3.8) is 0 Å². The third-order valence-corrected chi connectivity index (χ3v) is 1.37. The van der Waals surface area contributed by atoms with Crippen LogP contribution in [0, 0.1) is 0 Å². The first-order valence-electron chi connectivity index (χ1n) is 2.78. The standard InChI is InChI=1S/C5H4ClNO4/c1-2-3(8)7(4(6)9)5(10)11-2/h2H,1H3. The molecule has 1 saturated heterocycles. The smallest absolute Gasteiger partial charge is 0.425 e. The SMILES string of the molecule is CC1OC(=O)N(C(=O)Cl)C1=O. The topological polar surface area (TPSA) is 63.7 Å². The van der Waals surface area contributed by atoms with Crippen LogP contribution in [0.4, 0.5) is 9.59 Å². The highest BCUT2D eigenvalue weighted by Crippen LogP contribution is 2.14. The van der Waals surface area contributed by atoms with Crippen molar-refractivity contribution in [1.82, 2.24) is 4.90 Å². The molecule has 0 spiro atoms. The van der Waals surface area contributed by atoms with E-state index in [0.29, 0.717) is 0 Å². The highest BCUT2D eigenvalue weighted by Gasteiger charge is 2.41. The molecule has 6 heteroatoms. The van der Waals surface area contributed by atoms with Crippen LogP contribution in [-0.2, 0) is 9.53 Å². The minimum absolute atomic E-state index is 0.256. The van der Waals surface area contributed by atoms with Gasteiger partial charge < -0.3 is 4.74 Å². The average Bonchev–Trinajstić information content (AvgIpc) is 2.07. The summed E-state index contributed by atoms with van der Waals surface area (Å²) in [6, 6.07) is 0. The van der Waals surface area contributed by atoms with E-state index in [2.05, 4.69) is 4.74 Å². The van der Waals surface area contributed by atoms with Crippen LogP contribution in [0.2, 0.25) is 0 Å². The fourth-order valence-electron chi connectivity index (χ4n) is 0.685. The van der Waals surface area contributed by atoms with Gasteiger partial charge in [0.05, 0.1) is 0 Å². The Balaban J connectivity index is 2.88. The molecule has 1 heterocycles. The van der Waals surface area contributed by atoms with Gasteiger partial charge in [-0.25, -0.2) is 4.79 Å². The fourth-order valence-corrected chi connectivity index (χ4v) is 0.837. The van der Waals surface area contributed by atoms with E-state index < -0.39 is 23.5 Å². The van der Waals surface area contributed by atoms with Crippen molar-refractivity contribution in [3.8, 4) is 0 Å². The van der Waals surface area contributed by atoms with Crippen molar-refractivity contribution in [3.05, 3.63) is 0 Å². The maximum absolute atomic E-state index is 10.8. The number of imide groups is 3. The van der Waals surface area contributed by atoms with Crippen molar-refractivity contribution < 1.29 is 19.1 Å². The van der Waals surface area contributed by atoms with E-state index in [1.165, 1.54) is 6.92 Å². The number of hydrogen-bond acceptors (Lipinski definition) is 4. The van der Waals surface area contributed by atoms with Gasteiger partial charge in [0, 0.05) is 0 Å². The van der Waals surface area contributed by atoms with E-state index in [4.69, 9.17) is 11.6 Å². The first-order valence-corrected chi connectivity index (χ1v) is 3.16. The summed E-state index contributed by atoms with van der Waals surface area (Å²) in [5.41, 5.74) is 0. The molecule has 0 N–H and O–H groups in total. The molecular weight excluding hydrogens is 174 g/mol. The second-order valence-corrected chi connectivity index (χ2v) is 2.28. The normalized spacial score (nSPS) is 23.8. The zero-order valence-corrected chi connectivity index (χ0v) is 6.29. The molecule has 1 aliphatic heterocycles. The molecule has 1 fully saturated rings. The molecule has 1 rings (SSSR count).